The van der Waals surface area contributed by atoms with Gasteiger partial charge in [-0.1, -0.05) is 69.3 Å². The molecule has 3 aromatic carbocycles. The topological polar surface area (TPSA) is 72.7 Å². The fourth-order valence-corrected chi connectivity index (χ4v) is 5.97. The molecular formula is C36H41FN2O4. The number of nitrogens with zero attached hydrogens (tertiary/aromatic N) is 1. The minimum atomic E-state index is -0.501. The molecule has 6 nitrogen and oxygen atoms in total. The molecule has 2 heterocycles. The van der Waals surface area contributed by atoms with E-state index in [0.29, 0.717) is 43.7 Å². The van der Waals surface area contributed by atoms with E-state index in [2.05, 4.69) is 23.7 Å². The Morgan fingerprint density at radius 2 is 1.67 bits per heavy atom. The van der Waals surface area contributed by atoms with Crippen molar-refractivity contribution in [2.24, 2.45) is 0 Å². The van der Waals surface area contributed by atoms with E-state index in [0.717, 1.165) is 34.5 Å². The Bertz CT molecular complexity index is 1490. The van der Waals surface area contributed by atoms with E-state index >= 15 is 0 Å². The van der Waals surface area contributed by atoms with E-state index in [1.165, 1.54) is 12.1 Å². The molecular weight excluding hydrogens is 543 g/mol. The predicted octanol–water partition coefficient (Wildman–Crippen LogP) is 8.02. The summed E-state index contributed by atoms with van der Waals surface area (Å²) in [7, 11) is 0. The quantitative estimate of drug-likeness (QED) is 0.187. The molecule has 1 aliphatic heterocycles. The third-order valence-electron chi connectivity index (χ3n) is 7.82. The molecule has 226 valence electrons. The van der Waals surface area contributed by atoms with Gasteiger partial charge >= 0.3 is 0 Å². The Labute approximate surface area is 253 Å². The number of hydrogen-bond acceptors (Lipinski definition) is 4. The van der Waals surface area contributed by atoms with Crippen LogP contribution in [0, 0.1) is 5.82 Å². The van der Waals surface area contributed by atoms with Gasteiger partial charge in [0.1, 0.15) is 5.82 Å². The molecule has 0 saturated carbocycles. The van der Waals surface area contributed by atoms with Gasteiger partial charge in [-0.25, -0.2) is 4.39 Å². The number of carbonyl (C=O) groups excluding carboxylic acids is 1. The van der Waals surface area contributed by atoms with Crippen LogP contribution in [0.2, 0.25) is 0 Å². The second-order valence-electron chi connectivity index (χ2n) is 11.5. The Hall–Kier alpha value is -3.78. The second-order valence-corrected chi connectivity index (χ2v) is 11.5. The van der Waals surface area contributed by atoms with Crippen LogP contribution in [0.25, 0.3) is 22.4 Å². The lowest BCUT2D eigenvalue weighted by Gasteiger charge is -2.33. The van der Waals surface area contributed by atoms with Crippen LogP contribution in [0.3, 0.4) is 0 Å². The Morgan fingerprint density at radius 1 is 1.00 bits per heavy atom. The third-order valence-corrected chi connectivity index (χ3v) is 7.82. The number of para-hydroxylation sites is 1. The Kier molecular flexibility index (Phi) is 10.1. The molecule has 3 atom stereocenters. The molecule has 1 fully saturated rings. The number of amides is 1. The molecule has 4 aromatic rings. The zero-order valence-corrected chi connectivity index (χ0v) is 25.1. The largest absolute Gasteiger partial charge is 0.393 e. The van der Waals surface area contributed by atoms with Gasteiger partial charge in [-0.2, -0.15) is 0 Å². The number of hydrogen-bond donors (Lipinski definition) is 2. The van der Waals surface area contributed by atoms with Gasteiger partial charge in [0, 0.05) is 36.5 Å². The number of ether oxygens (including phenoxy) is 2. The van der Waals surface area contributed by atoms with Gasteiger partial charge in [-0.15, -0.1) is 0 Å². The van der Waals surface area contributed by atoms with Crippen molar-refractivity contribution in [1.29, 1.82) is 0 Å². The number of nitrogens with one attached hydrogen (secondary N) is 1. The van der Waals surface area contributed by atoms with Gasteiger partial charge in [0.2, 0.25) is 0 Å². The lowest BCUT2D eigenvalue weighted by molar-refractivity contribution is -0.216. The van der Waals surface area contributed by atoms with Gasteiger partial charge < -0.3 is 24.5 Å². The van der Waals surface area contributed by atoms with Crippen LogP contribution >= 0.6 is 0 Å². The van der Waals surface area contributed by atoms with E-state index < -0.39 is 12.4 Å². The summed E-state index contributed by atoms with van der Waals surface area (Å²) < 4.78 is 28.4. The lowest BCUT2D eigenvalue weighted by Crippen LogP contribution is -2.37. The van der Waals surface area contributed by atoms with Crippen molar-refractivity contribution in [3.05, 3.63) is 102 Å². The molecule has 1 amide bonds. The summed E-state index contributed by atoms with van der Waals surface area (Å²) in [5.41, 5.74) is 5.56. The number of aliphatic hydroxyl groups is 1. The highest BCUT2D eigenvalue weighted by Crippen LogP contribution is 2.43. The molecule has 1 saturated heterocycles. The van der Waals surface area contributed by atoms with E-state index in [9.17, 15) is 14.3 Å². The summed E-state index contributed by atoms with van der Waals surface area (Å²) in [6.07, 6.45) is 1.31. The molecule has 0 spiro atoms. The van der Waals surface area contributed by atoms with Gasteiger partial charge in [-0.3, -0.25) is 4.79 Å². The molecule has 1 unspecified atom stereocenters. The maximum absolute atomic E-state index is 14.2. The van der Waals surface area contributed by atoms with E-state index in [-0.39, 0.29) is 23.7 Å². The summed E-state index contributed by atoms with van der Waals surface area (Å²) >= 11 is 0. The number of anilines is 1. The molecule has 0 bridgehead atoms. The van der Waals surface area contributed by atoms with Crippen molar-refractivity contribution in [3.8, 4) is 22.4 Å². The molecule has 7 heteroatoms. The van der Waals surface area contributed by atoms with Crippen molar-refractivity contribution >= 4 is 11.6 Å². The van der Waals surface area contributed by atoms with Crippen molar-refractivity contribution in [2.75, 3.05) is 11.9 Å². The van der Waals surface area contributed by atoms with Crippen LogP contribution in [0.1, 0.15) is 68.4 Å². The molecule has 0 radical (unpaired) electrons. The molecule has 1 aromatic heterocycles. The van der Waals surface area contributed by atoms with E-state index in [4.69, 9.17) is 9.47 Å². The first-order valence-electron chi connectivity index (χ1n) is 15.2. The molecule has 2 N–H and O–H groups in total. The number of halogens is 1. The fourth-order valence-electron chi connectivity index (χ4n) is 5.97. The Morgan fingerprint density at radius 3 is 2.33 bits per heavy atom. The minimum Gasteiger partial charge on any atom is -0.393 e. The van der Waals surface area contributed by atoms with Crippen molar-refractivity contribution in [1.82, 2.24) is 4.57 Å². The predicted molar refractivity (Wildman–Crippen MR) is 169 cm³/mol. The normalized spacial score (nSPS) is 18.6. The first-order chi connectivity index (χ1) is 20.9. The smallest absolute Gasteiger partial charge is 0.258 e. The van der Waals surface area contributed by atoms with Crippen LogP contribution in [0.15, 0.2) is 84.9 Å². The maximum Gasteiger partial charge on any atom is 0.258 e. The highest BCUT2D eigenvalue weighted by Gasteiger charge is 2.33. The molecule has 5 rings (SSSR count). The van der Waals surface area contributed by atoms with Crippen LogP contribution in [0.5, 0.6) is 0 Å². The van der Waals surface area contributed by atoms with Gasteiger partial charge in [0.25, 0.3) is 5.91 Å². The first-order valence-corrected chi connectivity index (χ1v) is 15.2. The zero-order valence-electron chi connectivity index (χ0n) is 25.1. The summed E-state index contributed by atoms with van der Waals surface area (Å²) in [4.78, 5) is 14.2. The lowest BCUT2D eigenvalue weighted by atomic mass is 9.94. The second kappa shape index (κ2) is 14.1. The van der Waals surface area contributed by atoms with Crippen LogP contribution < -0.4 is 5.32 Å². The monoisotopic (exact) mass is 584 g/mol. The number of aliphatic hydroxyl groups excluding tert-OH is 1. The minimum absolute atomic E-state index is 0.00770. The van der Waals surface area contributed by atoms with Crippen LogP contribution in [0.4, 0.5) is 10.1 Å². The first kappa shape index (κ1) is 30.7. The highest BCUT2D eigenvalue weighted by atomic mass is 19.1. The van der Waals surface area contributed by atoms with Gasteiger partial charge in [0.05, 0.1) is 23.5 Å². The summed E-state index contributed by atoms with van der Waals surface area (Å²) in [5, 5.41) is 13.7. The number of benzene rings is 3. The highest BCUT2D eigenvalue weighted by molar-refractivity contribution is 6.12. The molecule has 43 heavy (non-hydrogen) atoms. The van der Waals surface area contributed by atoms with Crippen LogP contribution in [-0.4, -0.2) is 40.7 Å². The average molecular weight is 585 g/mol. The standard InChI is InChI=1S/C36H41FN2O4/c1-4-21-42-31-23-29(40)22-30(43-31)19-20-39-34(24(2)3)33(36(41)38-28-13-9-6-10-14-28)32(25-11-7-5-8-12-25)35(39)26-15-17-27(37)18-16-26/h5-18,24,29-31,40H,4,19-23H2,1-3H3,(H,38,41)/t29-,30-,31?/m1/s1. The number of carbonyl (C=O) groups is 1. The SMILES string of the molecule is CCCOC1C[C@H](O)C[C@@H](CCn2c(-c3ccc(F)cc3)c(-c3ccccc3)c(C(=O)Nc3ccccc3)c2C(C)C)O1. The van der Waals surface area contributed by atoms with Crippen molar-refractivity contribution in [2.45, 2.75) is 77.4 Å². The number of rotatable bonds is 11. The summed E-state index contributed by atoms with van der Waals surface area (Å²) in [5.74, 6) is -0.531. The van der Waals surface area contributed by atoms with Crippen LogP contribution in [-0.2, 0) is 16.0 Å². The molecule has 1 aliphatic rings. The summed E-state index contributed by atoms with van der Waals surface area (Å²) in [6, 6.07) is 25.8. The van der Waals surface area contributed by atoms with E-state index in [1.807, 2.05) is 67.6 Å². The van der Waals surface area contributed by atoms with Gasteiger partial charge in [-0.05, 0) is 72.7 Å². The summed E-state index contributed by atoms with van der Waals surface area (Å²) in [6.45, 7) is 7.33. The maximum atomic E-state index is 14.2. The van der Waals surface area contributed by atoms with Crippen molar-refractivity contribution in [3.63, 3.8) is 0 Å². The number of aromatic nitrogens is 1. The Balaban J connectivity index is 1.64. The average Bonchev–Trinajstić information content (AvgIpc) is 3.36. The fraction of sp³-hybridized carbons (Fsp3) is 0.361. The molecule has 0 aliphatic carbocycles. The van der Waals surface area contributed by atoms with Gasteiger partial charge in [0.15, 0.2) is 6.29 Å². The van der Waals surface area contributed by atoms with E-state index in [1.54, 1.807) is 12.1 Å². The van der Waals surface area contributed by atoms with Crippen molar-refractivity contribution < 1.29 is 23.8 Å². The zero-order chi connectivity index (χ0) is 30.3. The third kappa shape index (κ3) is 7.24.